The number of benzene rings is 1. The number of anilines is 2. The molecule has 1 unspecified atom stereocenters. The van der Waals surface area contributed by atoms with Crippen molar-refractivity contribution >= 4 is 23.2 Å². The first-order chi connectivity index (χ1) is 9.04. The van der Waals surface area contributed by atoms with Crippen LogP contribution in [0.2, 0.25) is 0 Å². The van der Waals surface area contributed by atoms with Gasteiger partial charge in [0.25, 0.3) is 5.91 Å². The number of nitrogens with two attached hydrogens (primary N) is 1. The number of carbonyl (C=O) groups excluding carboxylic acids is 2. The van der Waals surface area contributed by atoms with Gasteiger partial charge in [-0.05, 0) is 18.6 Å². The van der Waals surface area contributed by atoms with Gasteiger partial charge < -0.3 is 15.8 Å². The second-order valence-electron chi connectivity index (χ2n) is 4.45. The molecular weight excluding hydrogens is 246 g/mol. The van der Waals surface area contributed by atoms with Crippen LogP contribution < -0.4 is 15.8 Å². The van der Waals surface area contributed by atoms with Crippen molar-refractivity contribution in [1.29, 1.82) is 0 Å². The van der Waals surface area contributed by atoms with Crippen molar-refractivity contribution in [1.82, 2.24) is 4.90 Å². The molecule has 0 radical (unpaired) electrons. The Labute approximate surface area is 111 Å². The minimum atomic E-state index is -0.433. The lowest BCUT2D eigenvalue weighted by Crippen LogP contribution is -2.48. The Bertz CT molecular complexity index is 516. The molecule has 1 aliphatic heterocycles. The van der Waals surface area contributed by atoms with Gasteiger partial charge in [-0.3, -0.25) is 14.5 Å². The second-order valence-corrected chi connectivity index (χ2v) is 4.45. The largest absolute Gasteiger partial charge is 0.495 e. The molecule has 1 fully saturated rings. The third-order valence-corrected chi connectivity index (χ3v) is 3.27. The molecule has 1 aromatic rings. The molecule has 1 heterocycles. The SMILES string of the molecule is COc1cccc(NC2CCC(=O)N(C)C2=O)c1N. The molecule has 0 saturated carbocycles. The number of para-hydroxylation sites is 1. The summed E-state index contributed by atoms with van der Waals surface area (Å²) >= 11 is 0. The Hall–Kier alpha value is -2.24. The molecule has 1 saturated heterocycles. The molecule has 0 aromatic heterocycles. The summed E-state index contributed by atoms with van der Waals surface area (Å²) in [6.07, 6.45) is 0.822. The number of likely N-dealkylation sites (N-methyl/N-ethyl adjacent to an activating group) is 1. The molecule has 6 heteroatoms. The van der Waals surface area contributed by atoms with Crippen molar-refractivity contribution < 1.29 is 14.3 Å². The van der Waals surface area contributed by atoms with Crippen LogP contribution in [0.5, 0.6) is 5.75 Å². The fourth-order valence-electron chi connectivity index (χ4n) is 2.09. The highest BCUT2D eigenvalue weighted by molar-refractivity contribution is 6.01. The van der Waals surface area contributed by atoms with Gasteiger partial charge in [0, 0.05) is 13.5 Å². The summed E-state index contributed by atoms with van der Waals surface area (Å²) in [5, 5.41) is 3.08. The Kier molecular flexibility index (Phi) is 3.59. The molecule has 1 atom stereocenters. The van der Waals surface area contributed by atoms with Gasteiger partial charge in [-0.2, -0.15) is 0 Å². The van der Waals surface area contributed by atoms with Crippen molar-refractivity contribution in [3.05, 3.63) is 18.2 Å². The van der Waals surface area contributed by atoms with Crippen LogP contribution in [0.3, 0.4) is 0 Å². The molecule has 0 aliphatic carbocycles. The number of likely N-dealkylation sites (tertiary alicyclic amines) is 1. The van der Waals surface area contributed by atoms with Crippen LogP contribution in [0.4, 0.5) is 11.4 Å². The zero-order chi connectivity index (χ0) is 14.0. The van der Waals surface area contributed by atoms with E-state index in [9.17, 15) is 9.59 Å². The molecule has 2 rings (SSSR count). The lowest BCUT2D eigenvalue weighted by Gasteiger charge is -2.29. The van der Waals surface area contributed by atoms with Crippen molar-refractivity contribution in [3.63, 3.8) is 0 Å². The van der Waals surface area contributed by atoms with Crippen LogP contribution in [0, 0.1) is 0 Å². The molecule has 1 aromatic carbocycles. The van der Waals surface area contributed by atoms with Crippen molar-refractivity contribution in [2.75, 3.05) is 25.2 Å². The number of carbonyl (C=O) groups is 2. The molecule has 6 nitrogen and oxygen atoms in total. The van der Waals surface area contributed by atoms with Gasteiger partial charge >= 0.3 is 0 Å². The van der Waals surface area contributed by atoms with E-state index in [-0.39, 0.29) is 11.8 Å². The van der Waals surface area contributed by atoms with E-state index in [0.29, 0.717) is 30.0 Å². The molecule has 3 N–H and O–H groups in total. The summed E-state index contributed by atoms with van der Waals surface area (Å²) in [4.78, 5) is 24.5. The van der Waals surface area contributed by atoms with E-state index in [1.807, 2.05) is 0 Å². The summed E-state index contributed by atoms with van der Waals surface area (Å²) in [7, 11) is 3.03. The van der Waals surface area contributed by atoms with E-state index >= 15 is 0 Å². The predicted molar refractivity (Wildman–Crippen MR) is 71.8 cm³/mol. The first kappa shape index (κ1) is 13.2. The summed E-state index contributed by atoms with van der Waals surface area (Å²) in [6.45, 7) is 0. The number of rotatable bonds is 3. The minimum absolute atomic E-state index is 0.151. The van der Waals surface area contributed by atoms with Gasteiger partial charge in [0.05, 0.1) is 18.5 Å². The van der Waals surface area contributed by atoms with Gasteiger partial charge in [0.15, 0.2) is 0 Å². The second kappa shape index (κ2) is 5.17. The Balaban J connectivity index is 2.18. The van der Waals surface area contributed by atoms with Crippen LogP contribution in [-0.4, -0.2) is 36.9 Å². The molecule has 2 amide bonds. The Morgan fingerprint density at radius 1 is 1.42 bits per heavy atom. The fraction of sp³-hybridized carbons (Fsp3) is 0.385. The van der Waals surface area contributed by atoms with Gasteiger partial charge in [0.2, 0.25) is 5.91 Å². The third kappa shape index (κ3) is 2.47. The zero-order valence-corrected chi connectivity index (χ0v) is 11.0. The molecule has 0 bridgehead atoms. The maximum absolute atomic E-state index is 12.0. The highest BCUT2D eigenvalue weighted by atomic mass is 16.5. The molecule has 19 heavy (non-hydrogen) atoms. The lowest BCUT2D eigenvalue weighted by molar-refractivity contribution is -0.146. The quantitative estimate of drug-likeness (QED) is 0.623. The van der Waals surface area contributed by atoms with E-state index in [1.54, 1.807) is 18.2 Å². The van der Waals surface area contributed by atoms with Crippen molar-refractivity contribution in [3.8, 4) is 5.75 Å². The number of nitrogens with zero attached hydrogens (tertiary/aromatic N) is 1. The zero-order valence-electron chi connectivity index (χ0n) is 11.0. The van der Waals surface area contributed by atoms with Gasteiger partial charge in [0.1, 0.15) is 11.8 Å². The summed E-state index contributed by atoms with van der Waals surface area (Å²) in [6, 6.07) is 4.89. The fourth-order valence-corrected chi connectivity index (χ4v) is 2.09. The smallest absolute Gasteiger partial charge is 0.251 e. The average Bonchev–Trinajstić information content (AvgIpc) is 2.41. The summed E-state index contributed by atoms with van der Waals surface area (Å²) < 4.78 is 5.13. The molecule has 0 spiro atoms. The van der Waals surface area contributed by atoms with Crippen molar-refractivity contribution in [2.45, 2.75) is 18.9 Å². The van der Waals surface area contributed by atoms with Gasteiger partial charge in [-0.1, -0.05) is 6.07 Å². The van der Waals surface area contributed by atoms with Gasteiger partial charge in [-0.15, -0.1) is 0 Å². The van der Waals surface area contributed by atoms with Crippen LogP contribution in [0.25, 0.3) is 0 Å². The summed E-state index contributed by atoms with van der Waals surface area (Å²) in [5.74, 6) is 0.165. The van der Waals surface area contributed by atoms with Crippen LogP contribution in [0.1, 0.15) is 12.8 Å². The standard InChI is InChI=1S/C13H17N3O3/c1-16-11(17)7-6-9(13(16)18)15-8-4-3-5-10(19-2)12(8)14/h3-5,9,15H,6-7,14H2,1-2H3. The molecule has 1 aliphatic rings. The van der Waals surface area contributed by atoms with Crippen LogP contribution in [-0.2, 0) is 9.59 Å². The maximum atomic E-state index is 12.0. The van der Waals surface area contributed by atoms with Crippen molar-refractivity contribution in [2.24, 2.45) is 0 Å². The maximum Gasteiger partial charge on any atom is 0.251 e. The summed E-state index contributed by atoms with van der Waals surface area (Å²) in [5.41, 5.74) is 7.03. The number of hydrogen-bond donors (Lipinski definition) is 2. The highest BCUT2D eigenvalue weighted by Crippen LogP contribution is 2.30. The topological polar surface area (TPSA) is 84.7 Å². The first-order valence-electron chi connectivity index (χ1n) is 6.04. The van der Waals surface area contributed by atoms with E-state index < -0.39 is 6.04 Å². The van der Waals surface area contributed by atoms with E-state index in [4.69, 9.17) is 10.5 Å². The van der Waals surface area contributed by atoms with Crippen LogP contribution >= 0.6 is 0 Å². The number of ether oxygens (including phenoxy) is 1. The predicted octanol–water partition coefficient (Wildman–Crippen LogP) is 0.837. The van der Waals surface area contributed by atoms with E-state index in [0.717, 1.165) is 4.90 Å². The van der Waals surface area contributed by atoms with Crippen LogP contribution in [0.15, 0.2) is 18.2 Å². The highest BCUT2D eigenvalue weighted by Gasteiger charge is 2.31. The third-order valence-electron chi connectivity index (χ3n) is 3.27. The Morgan fingerprint density at radius 3 is 2.84 bits per heavy atom. The number of imide groups is 1. The number of nitrogens with one attached hydrogen (secondary N) is 1. The number of methoxy groups -OCH3 is 1. The van der Waals surface area contributed by atoms with E-state index in [1.165, 1.54) is 14.2 Å². The van der Waals surface area contributed by atoms with E-state index in [2.05, 4.69) is 5.32 Å². The number of amides is 2. The Morgan fingerprint density at radius 2 is 2.16 bits per heavy atom. The first-order valence-corrected chi connectivity index (χ1v) is 6.04. The monoisotopic (exact) mass is 263 g/mol. The minimum Gasteiger partial charge on any atom is -0.495 e. The lowest BCUT2D eigenvalue weighted by atomic mass is 10.0. The van der Waals surface area contributed by atoms with Gasteiger partial charge in [-0.25, -0.2) is 0 Å². The number of nitrogen functional groups attached to an aromatic ring is 1. The molecule has 102 valence electrons. The number of piperidine rings is 1. The number of hydrogen-bond acceptors (Lipinski definition) is 5. The molecular formula is C13H17N3O3. The normalized spacial score (nSPS) is 19.5. The average molecular weight is 263 g/mol.